The predicted molar refractivity (Wildman–Crippen MR) is 56.9 cm³/mol. The van der Waals surface area contributed by atoms with Gasteiger partial charge in [0.2, 0.25) is 0 Å². The molecule has 0 aromatic rings. The molecule has 0 rings (SSSR count). The molecule has 1 unspecified atom stereocenters. The maximum Gasteiger partial charge on any atom is 0.0398 e. The molecule has 0 heterocycles. The standard InChI is InChI=1S/C10H21N3/c1-6-7-8-9(12-11)10(2,3)13(4)5/h1,9,12H,7-8,11H2,2-5H3. The zero-order valence-electron chi connectivity index (χ0n) is 9.09. The predicted octanol–water partition coefficient (Wildman–Crippen LogP) is 0.572. The van der Waals surface area contributed by atoms with E-state index < -0.39 is 0 Å². The minimum absolute atomic E-state index is 0.0194. The van der Waals surface area contributed by atoms with Gasteiger partial charge in [-0.25, -0.2) is 0 Å². The van der Waals surface area contributed by atoms with Crippen molar-refractivity contribution >= 4 is 0 Å². The van der Waals surface area contributed by atoms with Crippen molar-refractivity contribution in [3.05, 3.63) is 0 Å². The van der Waals surface area contributed by atoms with Crippen LogP contribution in [0, 0.1) is 12.3 Å². The monoisotopic (exact) mass is 183 g/mol. The van der Waals surface area contributed by atoms with E-state index in [-0.39, 0.29) is 11.6 Å². The van der Waals surface area contributed by atoms with E-state index in [9.17, 15) is 0 Å². The van der Waals surface area contributed by atoms with Crippen LogP contribution in [-0.4, -0.2) is 30.6 Å². The van der Waals surface area contributed by atoms with Gasteiger partial charge in [0, 0.05) is 18.0 Å². The Balaban J connectivity index is 4.30. The third kappa shape index (κ3) is 3.35. The van der Waals surface area contributed by atoms with Crippen LogP contribution in [0.2, 0.25) is 0 Å². The highest BCUT2D eigenvalue weighted by Gasteiger charge is 2.29. The fraction of sp³-hybridized carbons (Fsp3) is 0.800. The summed E-state index contributed by atoms with van der Waals surface area (Å²) >= 11 is 0. The normalized spacial score (nSPS) is 14.2. The molecule has 3 nitrogen and oxygen atoms in total. The van der Waals surface area contributed by atoms with Gasteiger partial charge >= 0.3 is 0 Å². The Kier molecular flexibility index (Phi) is 5.01. The van der Waals surface area contributed by atoms with Gasteiger partial charge < -0.3 is 4.90 Å². The van der Waals surface area contributed by atoms with E-state index in [1.54, 1.807) is 0 Å². The number of rotatable bonds is 5. The molecule has 0 saturated carbocycles. The summed E-state index contributed by atoms with van der Waals surface area (Å²) in [7, 11) is 4.08. The molecular formula is C10H21N3. The van der Waals surface area contributed by atoms with Gasteiger partial charge in [-0.3, -0.25) is 11.3 Å². The Bertz CT molecular complexity index is 179. The van der Waals surface area contributed by atoms with E-state index in [1.165, 1.54) is 0 Å². The van der Waals surface area contributed by atoms with E-state index in [0.717, 1.165) is 12.8 Å². The number of likely N-dealkylation sites (N-methyl/N-ethyl adjacent to an activating group) is 1. The number of nitrogens with two attached hydrogens (primary N) is 1. The third-order valence-corrected chi connectivity index (χ3v) is 2.78. The van der Waals surface area contributed by atoms with Crippen LogP contribution >= 0.6 is 0 Å². The molecule has 0 spiro atoms. The van der Waals surface area contributed by atoms with E-state index in [0.29, 0.717) is 0 Å². The van der Waals surface area contributed by atoms with Crippen molar-refractivity contribution in [2.24, 2.45) is 5.84 Å². The Hall–Kier alpha value is -0.560. The Labute approximate surface area is 81.6 Å². The lowest BCUT2D eigenvalue weighted by Crippen LogP contribution is -2.57. The van der Waals surface area contributed by atoms with Crippen LogP contribution in [0.5, 0.6) is 0 Å². The molecule has 0 bridgehead atoms. The van der Waals surface area contributed by atoms with Gasteiger partial charge in [-0.15, -0.1) is 12.3 Å². The summed E-state index contributed by atoms with van der Waals surface area (Å²) in [6.45, 7) is 4.29. The van der Waals surface area contributed by atoms with Gasteiger partial charge in [0.25, 0.3) is 0 Å². The molecule has 13 heavy (non-hydrogen) atoms. The SMILES string of the molecule is C#CCCC(NN)C(C)(C)N(C)C. The molecular weight excluding hydrogens is 162 g/mol. The van der Waals surface area contributed by atoms with Crippen LogP contribution in [0.15, 0.2) is 0 Å². The van der Waals surface area contributed by atoms with Gasteiger partial charge in [0.1, 0.15) is 0 Å². The topological polar surface area (TPSA) is 41.3 Å². The Morgan fingerprint density at radius 1 is 1.54 bits per heavy atom. The number of hydrogen-bond donors (Lipinski definition) is 2. The second kappa shape index (κ2) is 5.23. The first-order chi connectivity index (χ1) is 5.96. The second-order valence-corrected chi connectivity index (χ2v) is 4.01. The van der Waals surface area contributed by atoms with Crippen molar-refractivity contribution in [3.63, 3.8) is 0 Å². The summed E-state index contributed by atoms with van der Waals surface area (Å²) in [6.07, 6.45) is 6.88. The van der Waals surface area contributed by atoms with Crippen LogP contribution in [0.3, 0.4) is 0 Å². The zero-order valence-corrected chi connectivity index (χ0v) is 9.09. The molecule has 0 saturated heterocycles. The average Bonchev–Trinajstić information content (AvgIpc) is 2.05. The van der Waals surface area contributed by atoms with E-state index in [4.69, 9.17) is 12.3 Å². The quantitative estimate of drug-likeness (QED) is 0.372. The molecule has 3 N–H and O–H groups in total. The van der Waals surface area contributed by atoms with Crippen molar-refractivity contribution < 1.29 is 0 Å². The smallest absolute Gasteiger partial charge is 0.0398 e. The molecule has 0 radical (unpaired) electrons. The van der Waals surface area contributed by atoms with Gasteiger partial charge in [-0.05, 0) is 34.4 Å². The van der Waals surface area contributed by atoms with E-state index in [2.05, 4.69) is 30.1 Å². The molecule has 0 amide bonds. The van der Waals surface area contributed by atoms with Crippen molar-refractivity contribution in [2.45, 2.75) is 38.3 Å². The second-order valence-electron chi connectivity index (χ2n) is 4.01. The molecule has 76 valence electrons. The lowest BCUT2D eigenvalue weighted by molar-refractivity contribution is 0.133. The van der Waals surface area contributed by atoms with Crippen molar-refractivity contribution in [1.29, 1.82) is 0 Å². The van der Waals surface area contributed by atoms with Gasteiger partial charge in [-0.1, -0.05) is 0 Å². The minimum atomic E-state index is 0.0194. The van der Waals surface area contributed by atoms with Crippen LogP contribution in [0.25, 0.3) is 0 Å². The molecule has 3 heteroatoms. The lowest BCUT2D eigenvalue weighted by atomic mass is 9.90. The van der Waals surface area contributed by atoms with Crippen molar-refractivity contribution in [1.82, 2.24) is 10.3 Å². The average molecular weight is 183 g/mol. The van der Waals surface area contributed by atoms with Crippen LogP contribution in [-0.2, 0) is 0 Å². The number of terminal acetylenes is 1. The van der Waals surface area contributed by atoms with Crippen molar-refractivity contribution in [3.8, 4) is 12.3 Å². The highest BCUT2D eigenvalue weighted by molar-refractivity contribution is 4.94. The molecule has 1 atom stereocenters. The van der Waals surface area contributed by atoms with Gasteiger partial charge in [0.05, 0.1) is 0 Å². The molecule has 0 aliphatic rings. The minimum Gasteiger partial charge on any atom is -0.303 e. The lowest BCUT2D eigenvalue weighted by Gasteiger charge is -2.39. The molecule has 0 aromatic carbocycles. The molecule has 0 aromatic heterocycles. The van der Waals surface area contributed by atoms with Crippen molar-refractivity contribution in [2.75, 3.05) is 14.1 Å². The number of hydrazine groups is 1. The molecule has 0 aliphatic heterocycles. The first kappa shape index (κ1) is 12.4. The zero-order chi connectivity index (χ0) is 10.5. The summed E-state index contributed by atoms with van der Waals surface area (Å²) in [5.41, 5.74) is 2.84. The fourth-order valence-electron chi connectivity index (χ4n) is 1.18. The Morgan fingerprint density at radius 3 is 2.38 bits per heavy atom. The summed E-state index contributed by atoms with van der Waals surface area (Å²) in [5, 5.41) is 0. The highest BCUT2D eigenvalue weighted by Crippen LogP contribution is 2.18. The maximum absolute atomic E-state index is 5.49. The summed E-state index contributed by atoms with van der Waals surface area (Å²) in [5.74, 6) is 8.12. The maximum atomic E-state index is 5.49. The molecule has 0 aliphatic carbocycles. The number of hydrogen-bond acceptors (Lipinski definition) is 3. The highest BCUT2D eigenvalue weighted by atomic mass is 15.3. The molecule has 0 fully saturated rings. The first-order valence-corrected chi connectivity index (χ1v) is 4.53. The van der Waals surface area contributed by atoms with Crippen LogP contribution < -0.4 is 11.3 Å². The fourth-order valence-corrected chi connectivity index (χ4v) is 1.18. The van der Waals surface area contributed by atoms with Gasteiger partial charge in [-0.2, -0.15) is 0 Å². The van der Waals surface area contributed by atoms with Crippen LogP contribution in [0.4, 0.5) is 0 Å². The van der Waals surface area contributed by atoms with E-state index in [1.807, 2.05) is 14.1 Å². The third-order valence-electron chi connectivity index (χ3n) is 2.78. The van der Waals surface area contributed by atoms with Gasteiger partial charge in [0.15, 0.2) is 0 Å². The summed E-state index contributed by atoms with van der Waals surface area (Å²) in [4.78, 5) is 2.15. The summed E-state index contributed by atoms with van der Waals surface area (Å²) < 4.78 is 0. The van der Waals surface area contributed by atoms with E-state index >= 15 is 0 Å². The van der Waals surface area contributed by atoms with Crippen LogP contribution in [0.1, 0.15) is 26.7 Å². The first-order valence-electron chi connectivity index (χ1n) is 4.53. The Morgan fingerprint density at radius 2 is 2.08 bits per heavy atom. The summed E-state index contributed by atoms with van der Waals surface area (Å²) in [6, 6.07) is 0.221. The largest absolute Gasteiger partial charge is 0.303 e. The number of nitrogens with one attached hydrogen (secondary N) is 1. The number of nitrogens with zero attached hydrogens (tertiary/aromatic N) is 1.